The lowest BCUT2D eigenvalue weighted by Crippen LogP contribution is -1.98. The van der Waals surface area contributed by atoms with Gasteiger partial charge in [0.2, 0.25) is 0 Å². The maximum absolute atomic E-state index is 6.41. The van der Waals surface area contributed by atoms with E-state index < -0.39 is 0 Å². The lowest BCUT2D eigenvalue weighted by molar-refractivity contribution is 0.487. The average molecular weight is 586 g/mol. The molecule has 0 saturated heterocycles. The van der Waals surface area contributed by atoms with Gasteiger partial charge in [0.1, 0.15) is 11.5 Å². The second-order valence-corrected chi connectivity index (χ2v) is 12.1. The molecule has 1 aromatic heterocycles. The molecule has 0 bridgehead atoms. The minimum atomic E-state index is 0.908. The number of ether oxygens (including phenoxy) is 1. The Hall–Kier alpha value is -6.12. The zero-order chi connectivity index (χ0) is 30.2. The maximum Gasteiger partial charge on any atom is 0.135 e. The Kier molecular flexibility index (Phi) is 5.31. The molecule has 0 N–H and O–H groups in total. The quantitative estimate of drug-likeness (QED) is 0.201. The van der Waals surface area contributed by atoms with Crippen LogP contribution in [-0.2, 0) is 0 Å². The zero-order valence-electron chi connectivity index (χ0n) is 24.9. The van der Waals surface area contributed by atoms with E-state index in [2.05, 4.69) is 156 Å². The van der Waals surface area contributed by atoms with Crippen molar-refractivity contribution in [2.75, 3.05) is 0 Å². The summed E-state index contributed by atoms with van der Waals surface area (Å²) in [4.78, 5) is 0. The molecule has 0 amide bonds. The Balaban J connectivity index is 1.20. The van der Waals surface area contributed by atoms with Crippen LogP contribution in [0.1, 0.15) is 0 Å². The first kappa shape index (κ1) is 25.2. The fourth-order valence-electron chi connectivity index (χ4n) is 7.60. The van der Waals surface area contributed by atoms with Gasteiger partial charge in [0, 0.05) is 32.8 Å². The van der Waals surface area contributed by atoms with Crippen LogP contribution in [0.3, 0.4) is 0 Å². The van der Waals surface area contributed by atoms with Crippen LogP contribution >= 0.6 is 0 Å². The highest BCUT2D eigenvalue weighted by molar-refractivity contribution is 6.18. The minimum absolute atomic E-state index is 0.908. The largest absolute Gasteiger partial charge is 0.456 e. The number of benzene rings is 8. The molecule has 214 valence electrons. The second kappa shape index (κ2) is 9.69. The van der Waals surface area contributed by atoms with Crippen LogP contribution in [0.5, 0.6) is 11.5 Å². The van der Waals surface area contributed by atoms with Gasteiger partial charge in [-0.1, -0.05) is 133 Å². The average Bonchev–Trinajstić information content (AvgIpc) is 3.47. The third-order valence-electron chi connectivity index (χ3n) is 9.59. The van der Waals surface area contributed by atoms with Crippen LogP contribution in [0, 0.1) is 0 Å². The summed E-state index contributed by atoms with van der Waals surface area (Å²) >= 11 is 0. The number of para-hydroxylation sites is 2. The number of fused-ring (bicyclic) bond motifs is 7. The van der Waals surface area contributed by atoms with E-state index in [0.717, 1.165) is 22.7 Å². The standard InChI is InChI=1S/C44H27NO/c1-2-15-32-28(11-1)23-24-39-35-17-5-7-21-40(35)45(44(32)39)30-13-9-12-29(27-30)31-14-3-4-16-33(31)34-25-26-42-43-37(34)19-10-20-38(43)36-18-6-8-22-41(36)46-42/h1-27H. The molecule has 0 aliphatic carbocycles. The molecule has 46 heavy (non-hydrogen) atoms. The van der Waals surface area contributed by atoms with E-state index in [1.54, 1.807) is 0 Å². The zero-order valence-corrected chi connectivity index (χ0v) is 24.9. The summed E-state index contributed by atoms with van der Waals surface area (Å²) in [6.45, 7) is 0. The molecule has 8 aromatic carbocycles. The van der Waals surface area contributed by atoms with Crippen LogP contribution in [0.4, 0.5) is 0 Å². The van der Waals surface area contributed by atoms with Crippen molar-refractivity contribution in [1.29, 1.82) is 0 Å². The molecule has 2 nitrogen and oxygen atoms in total. The Morgan fingerprint density at radius 3 is 2.04 bits per heavy atom. The van der Waals surface area contributed by atoms with Gasteiger partial charge < -0.3 is 9.30 Å². The van der Waals surface area contributed by atoms with Crippen molar-refractivity contribution in [2.45, 2.75) is 0 Å². The summed E-state index contributed by atoms with van der Waals surface area (Å²) in [6, 6.07) is 59.0. The molecule has 0 spiro atoms. The van der Waals surface area contributed by atoms with E-state index in [4.69, 9.17) is 4.74 Å². The van der Waals surface area contributed by atoms with Gasteiger partial charge in [-0.25, -0.2) is 0 Å². The van der Waals surface area contributed by atoms with E-state index >= 15 is 0 Å². The summed E-state index contributed by atoms with van der Waals surface area (Å²) in [5.74, 6) is 1.82. The molecule has 0 radical (unpaired) electrons. The van der Waals surface area contributed by atoms with Crippen molar-refractivity contribution in [3.63, 3.8) is 0 Å². The number of hydrogen-bond donors (Lipinski definition) is 0. The first-order valence-electron chi connectivity index (χ1n) is 15.8. The molecule has 1 aliphatic rings. The first-order chi connectivity index (χ1) is 22.8. The fraction of sp³-hybridized carbons (Fsp3) is 0. The number of rotatable bonds is 3. The van der Waals surface area contributed by atoms with Gasteiger partial charge in [0.05, 0.1) is 11.0 Å². The highest BCUT2D eigenvalue weighted by atomic mass is 16.5. The minimum Gasteiger partial charge on any atom is -0.456 e. The van der Waals surface area contributed by atoms with E-state index in [9.17, 15) is 0 Å². The van der Waals surface area contributed by atoms with E-state index in [0.29, 0.717) is 0 Å². The summed E-state index contributed by atoms with van der Waals surface area (Å²) in [7, 11) is 0. The highest BCUT2D eigenvalue weighted by Crippen LogP contribution is 2.49. The molecular formula is C44H27NO. The predicted octanol–water partition coefficient (Wildman–Crippen LogP) is 12.2. The van der Waals surface area contributed by atoms with Crippen molar-refractivity contribution in [3.8, 4) is 50.6 Å². The van der Waals surface area contributed by atoms with Gasteiger partial charge in [-0.05, 0) is 68.9 Å². The molecule has 2 heterocycles. The number of hydrogen-bond acceptors (Lipinski definition) is 1. The molecule has 2 heteroatoms. The van der Waals surface area contributed by atoms with Crippen molar-refractivity contribution in [3.05, 3.63) is 164 Å². The Labute approximate surface area is 266 Å². The van der Waals surface area contributed by atoms with Gasteiger partial charge in [0.15, 0.2) is 0 Å². The summed E-state index contributed by atoms with van der Waals surface area (Å²) < 4.78 is 8.85. The van der Waals surface area contributed by atoms with Crippen molar-refractivity contribution in [1.82, 2.24) is 4.57 Å². The van der Waals surface area contributed by atoms with Crippen LogP contribution in [-0.4, -0.2) is 4.57 Å². The van der Waals surface area contributed by atoms with Gasteiger partial charge in [-0.2, -0.15) is 0 Å². The Bertz CT molecular complexity index is 2680. The van der Waals surface area contributed by atoms with E-state index in [1.807, 2.05) is 12.1 Å². The third-order valence-corrected chi connectivity index (χ3v) is 9.59. The predicted molar refractivity (Wildman–Crippen MR) is 192 cm³/mol. The molecule has 10 rings (SSSR count). The number of nitrogens with zero attached hydrogens (tertiary/aromatic N) is 1. The highest BCUT2D eigenvalue weighted by Gasteiger charge is 2.22. The maximum atomic E-state index is 6.41. The SMILES string of the molecule is c1cc(-c2ccccc2-c2ccc3c4c(cccc24)-c2ccccc2O3)cc(-n2c3ccccc3c3ccc4ccccc4c32)c1. The van der Waals surface area contributed by atoms with Gasteiger partial charge in [-0.3, -0.25) is 0 Å². The van der Waals surface area contributed by atoms with Crippen molar-refractivity contribution < 1.29 is 4.74 Å². The molecule has 0 saturated carbocycles. The molecule has 0 atom stereocenters. The van der Waals surface area contributed by atoms with Gasteiger partial charge in [-0.15, -0.1) is 0 Å². The third kappa shape index (κ3) is 3.59. The van der Waals surface area contributed by atoms with Gasteiger partial charge >= 0.3 is 0 Å². The molecular weight excluding hydrogens is 558 g/mol. The lowest BCUT2D eigenvalue weighted by Gasteiger charge is -2.23. The lowest BCUT2D eigenvalue weighted by atomic mass is 9.88. The fourth-order valence-corrected chi connectivity index (χ4v) is 7.60. The van der Waals surface area contributed by atoms with E-state index in [-0.39, 0.29) is 0 Å². The Morgan fingerprint density at radius 2 is 1.11 bits per heavy atom. The summed E-state index contributed by atoms with van der Waals surface area (Å²) in [6.07, 6.45) is 0. The summed E-state index contributed by atoms with van der Waals surface area (Å²) in [5.41, 5.74) is 10.7. The smallest absolute Gasteiger partial charge is 0.135 e. The van der Waals surface area contributed by atoms with Crippen LogP contribution in [0.25, 0.3) is 82.4 Å². The molecule has 1 aliphatic heterocycles. The van der Waals surface area contributed by atoms with Crippen LogP contribution < -0.4 is 4.74 Å². The van der Waals surface area contributed by atoms with Crippen LogP contribution in [0.2, 0.25) is 0 Å². The van der Waals surface area contributed by atoms with Crippen molar-refractivity contribution in [2.24, 2.45) is 0 Å². The normalized spacial score (nSPS) is 12.1. The molecule has 0 fully saturated rings. The monoisotopic (exact) mass is 585 g/mol. The van der Waals surface area contributed by atoms with Crippen molar-refractivity contribution >= 4 is 43.4 Å². The van der Waals surface area contributed by atoms with Gasteiger partial charge in [0.25, 0.3) is 0 Å². The molecule has 0 unspecified atom stereocenters. The first-order valence-corrected chi connectivity index (χ1v) is 15.8. The molecule has 9 aromatic rings. The Morgan fingerprint density at radius 1 is 0.391 bits per heavy atom. The van der Waals surface area contributed by atoms with E-state index in [1.165, 1.54) is 71.2 Å². The second-order valence-electron chi connectivity index (χ2n) is 12.1. The summed E-state index contributed by atoms with van der Waals surface area (Å²) in [5, 5.41) is 7.40. The number of aromatic nitrogens is 1. The van der Waals surface area contributed by atoms with Crippen LogP contribution in [0.15, 0.2) is 164 Å². The topological polar surface area (TPSA) is 14.2 Å².